The fourth-order valence-electron chi connectivity index (χ4n) is 5.11. The molecule has 0 radical (unpaired) electrons. The van der Waals surface area contributed by atoms with Gasteiger partial charge in [0.2, 0.25) is 5.91 Å². The molecule has 2 amide bonds. The third-order valence-electron chi connectivity index (χ3n) is 7.32. The van der Waals surface area contributed by atoms with Gasteiger partial charge in [-0.05, 0) is 48.4 Å². The van der Waals surface area contributed by atoms with E-state index < -0.39 is 28.9 Å². The molecule has 4 rings (SSSR count). The van der Waals surface area contributed by atoms with Crippen LogP contribution in [0, 0.1) is 5.41 Å². The van der Waals surface area contributed by atoms with Gasteiger partial charge >= 0.3 is 12.1 Å². The Morgan fingerprint density at radius 2 is 1.65 bits per heavy atom. The van der Waals surface area contributed by atoms with Gasteiger partial charge in [-0.15, -0.1) is 0 Å². The van der Waals surface area contributed by atoms with Crippen molar-refractivity contribution >= 4 is 18.0 Å². The van der Waals surface area contributed by atoms with Crippen molar-refractivity contribution in [3.8, 4) is 11.1 Å². The number of carboxylic acid groups (broad SMARTS) is 1. The molecule has 180 valence electrons. The number of carbonyl (C=O) groups is 3. The van der Waals surface area contributed by atoms with Crippen LogP contribution in [0.15, 0.2) is 48.5 Å². The molecule has 0 saturated heterocycles. The molecule has 2 aliphatic carbocycles. The molecule has 1 fully saturated rings. The van der Waals surface area contributed by atoms with Crippen molar-refractivity contribution in [3.63, 3.8) is 0 Å². The lowest BCUT2D eigenvalue weighted by atomic mass is 9.68. The highest BCUT2D eigenvalue weighted by atomic mass is 16.5. The van der Waals surface area contributed by atoms with Crippen molar-refractivity contribution in [2.75, 3.05) is 13.2 Å². The smallest absolute Gasteiger partial charge is 0.408 e. The Labute approximate surface area is 199 Å². The van der Waals surface area contributed by atoms with Crippen LogP contribution in [0.2, 0.25) is 0 Å². The number of alkyl carbamates (subject to hydrolysis) is 1. The van der Waals surface area contributed by atoms with Crippen LogP contribution in [0.5, 0.6) is 0 Å². The summed E-state index contributed by atoms with van der Waals surface area (Å²) in [5, 5.41) is 15.0. The Morgan fingerprint density at radius 3 is 2.15 bits per heavy atom. The summed E-state index contributed by atoms with van der Waals surface area (Å²) in [6.07, 6.45) is 2.34. The highest BCUT2D eigenvalue weighted by Gasteiger charge is 2.46. The zero-order chi connectivity index (χ0) is 24.3. The molecule has 1 saturated carbocycles. The molecule has 1 unspecified atom stereocenters. The molecule has 7 nitrogen and oxygen atoms in total. The predicted octanol–water partition coefficient (Wildman–Crippen LogP) is 4.46. The van der Waals surface area contributed by atoms with Crippen molar-refractivity contribution in [2.24, 2.45) is 5.41 Å². The van der Waals surface area contributed by atoms with Gasteiger partial charge in [-0.2, -0.15) is 0 Å². The molecule has 34 heavy (non-hydrogen) atoms. The summed E-state index contributed by atoms with van der Waals surface area (Å²) < 4.78 is 5.62. The van der Waals surface area contributed by atoms with E-state index in [1.165, 1.54) is 0 Å². The summed E-state index contributed by atoms with van der Waals surface area (Å²) in [5.74, 6) is -1.35. The average molecular weight is 465 g/mol. The van der Waals surface area contributed by atoms with E-state index in [9.17, 15) is 19.5 Å². The number of nitrogens with one attached hydrogen (secondary N) is 2. The van der Waals surface area contributed by atoms with Crippen LogP contribution in [0.4, 0.5) is 4.79 Å². The van der Waals surface area contributed by atoms with E-state index in [1.807, 2.05) is 31.2 Å². The van der Waals surface area contributed by atoms with Crippen molar-refractivity contribution < 1.29 is 24.2 Å². The molecule has 0 aliphatic heterocycles. The van der Waals surface area contributed by atoms with Gasteiger partial charge in [-0.25, -0.2) is 4.79 Å². The van der Waals surface area contributed by atoms with Crippen LogP contribution in [-0.4, -0.2) is 41.8 Å². The number of carboxylic acids is 1. The highest BCUT2D eigenvalue weighted by molar-refractivity contribution is 5.90. The van der Waals surface area contributed by atoms with Crippen LogP contribution in [0.3, 0.4) is 0 Å². The first-order chi connectivity index (χ1) is 16.3. The quantitative estimate of drug-likeness (QED) is 0.508. The van der Waals surface area contributed by atoms with Crippen molar-refractivity contribution in [3.05, 3.63) is 59.7 Å². The Bertz CT molecular complexity index is 1050. The van der Waals surface area contributed by atoms with Crippen LogP contribution >= 0.6 is 0 Å². The standard InChI is InChI=1S/C27H32N2O5/c1-3-13-26(2,23(30)28-17-27(24(31)32)14-8-15-27)29-25(33)34-16-22-20-11-6-4-9-18(20)19-10-5-7-12-21(19)22/h4-7,9-12,22H,3,8,13-17H2,1-2H3,(H,28,30)(H,29,33)(H,31,32). The molecule has 0 spiro atoms. The lowest BCUT2D eigenvalue weighted by molar-refractivity contribution is -0.154. The Kier molecular flexibility index (Phi) is 6.64. The number of hydrogen-bond donors (Lipinski definition) is 3. The van der Waals surface area contributed by atoms with E-state index in [0.717, 1.165) is 28.7 Å². The lowest BCUT2D eigenvalue weighted by Crippen LogP contribution is -2.59. The second-order valence-electron chi connectivity index (χ2n) is 9.65. The maximum absolute atomic E-state index is 13.0. The van der Waals surface area contributed by atoms with E-state index in [1.54, 1.807) is 6.92 Å². The summed E-state index contributed by atoms with van der Waals surface area (Å²) in [4.78, 5) is 37.4. The van der Waals surface area contributed by atoms with Crippen LogP contribution < -0.4 is 10.6 Å². The molecule has 3 N–H and O–H groups in total. The SMILES string of the molecule is CCCC(C)(NC(=O)OCC1c2ccccc2-c2ccccc21)C(=O)NCC1(C(=O)O)CCC1. The van der Waals surface area contributed by atoms with Gasteiger partial charge in [0.15, 0.2) is 0 Å². The molecule has 0 aromatic heterocycles. The van der Waals surface area contributed by atoms with Gasteiger partial charge in [0.05, 0.1) is 5.41 Å². The lowest BCUT2D eigenvalue weighted by Gasteiger charge is -2.39. The first-order valence-corrected chi connectivity index (χ1v) is 11.9. The minimum Gasteiger partial charge on any atom is -0.481 e. The third-order valence-corrected chi connectivity index (χ3v) is 7.32. The first kappa shape index (κ1) is 23.8. The summed E-state index contributed by atoms with van der Waals surface area (Å²) in [6.45, 7) is 3.80. The zero-order valence-corrected chi connectivity index (χ0v) is 19.7. The number of ether oxygens (including phenoxy) is 1. The topological polar surface area (TPSA) is 105 Å². The molecule has 0 bridgehead atoms. The van der Waals surface area contributed by atoms with Gasteiger partial charge in [0.25, 0.3) is 0 Å². The Morgan fingerprint density at radius 1 is 1.06 bits per heavy atom. The van der Waals surface area contributed by atoms with E-state index in [2.05, 4.69) is 34.9 Å². The highest BCUT2D eigenvalue weighted by Crippen LogP contribution is 2.44. The number of hydrogen-bond acceptors (Lipinski definition) is 4. The number of rotatable bonds is 9. The van der Waals surface area contributed by atoms with E-state index in [0.29, 0.717) is 25.7 Å². The minimum absolute atomic E-state index is 0.0623. The fourth-order valence-corrected chi connectivity index (χ4v) is 5.11. The Hall–Kier alpha value is -3.35. The largest absolute Gasteiger partial charge is 0.481 e. The first-order valence-electron chi connectivity index (χ1n) is 11.9. The molecule has 7 heteroatoms. The van der Waals surface area contributed by atoms with Crippen LogP contribution in [0.25, 0.3) is 11.1 Å². The molecule has 2 aliphatic rings. The van der Waals surface area contributed by atoms with E-state index >= 15 is 0 Å². The molecular formula is C27H32N2O5. The van der Waals surface area contributed by atoms with Crippen molar-refractivity contribution in [1.82, 2.24) is 10.6 Å². The molecule has 2 aromatic carbocycles. The fraction of sp³-hybridized carbons (Fsp3) is 0.444. The van der Waals surface area contributed by atoms with Crippen molar-refractivity contribution in [2.45, 2.75) is 57.4 Å². The van der Waals surface area contributed by atoms with Gasteiger partial charge in [-0.1, -0.05) is 68.3 Å². The normalized spacial score (nSPS) is 17.5. The number of fused-ring (bicyclic) bond motifs is 3. The summed E-state index contributed by atoms with van der Waals surface area (Å²) in [7, 11) is 0. The van der Waals surface area contributed by atoms with E-state index in [-0.39, 0.29) is 19.1 Å². The third kappa shape index (κ3) is 4.39. The number of amides is 2. The number of aliphatic carboxylic acids is 1. The molecular weight excluding hydrogens is 432 g/mol. The molecule has 1 atom stereocenters. The van der Waals surface area contributed by atoms with Crippen molar-refractivity contribution in [1.29, 1.82) is 0 Å². The minimum atomic E-state index is -1.19. The monoisotopic (exact) mass is 464 g/mol. The van der Waals surface area contributed by atoms with Crippen LogP contribution in [0.1, 0.15) is 63.0 Å². The molecule has 2 aromatic rings. The maximum Gasteiger partial charge on any atom is 0.408 e. The summed E-state index contributed by atoms with van der Waals surface area (Å²) in [5.41, 5.74) is 2.43. The van der Waals surface area contributed by atoms with Crippen LogP contribution in [-0.2, 0) is 14.3 Å². The maximum atomic E-state index is 13.0. The van der Waals surface area contributed by atoms with Gasteiger partial charge in [-0.3, -0.25) is 9.59 Å². The number of benzene rings is 2. The number of carbonyl (C=O) groups excluding carboxylic acids is 2. The zero-order valence-electron chi connectivity index (χ0n) is 19.7. The average Bonchev–Trinajstić information content (AvgIpc) is 3.10. The summed E-state index contributed by atoms with van der Waals surface area (Å²) in [6, 6.07) is 16.2. The van der Waals surface area contributed by atoms with Gasteiger partial charge < -0.3 is 20.5 Å². The predicted molar refractivity (Wildman–Crippen MR) is 128 cm³/mol. The second-order valence-corrected chi connectivity index (χ2v) is 9.65. The van der Waals surface area contributed by atoms with Gasteiger partial charge in [0.1, 0.15) is 12.1 Å². The second kappa shape index (κ2) is 9.49. The Balaban J connectivity index is 1.40. The van der Waals surface area contributed by atoms with E-state index in [4.69, 9.17) is 4.74 Å². The van der Waals surface area contributed by atoms with Gasteiger partial charge in [0, 0.05) is 12.5 Å². The molecule has 0 heterocycles. The summed E-state index contributed by atoms with van der Waals surface area (Å²) >= 11 is 0.